The fraction of sp³-hybridized carbons (Fsp3) is 0.500. The molecular formula is C14H18ClNO2. The molecule has 1 aromatic carbocycles. The molecule has 1 fully saturated rings. The van der Waals surface area contributed by atoms with E-state index in [9.17, 15) is 4.79 Å². The summed E-state index contributed by atoms with van der Waals surface area (Å²) < 4.78 is 5.26. The third-order valence-corrected chi connectivity index (χ3v) is 3.57. The second-order valence-electron chi connectivity index (χ2n) is 4.81. The van der Waals surface area contributed by atoms with Crippen molar-refractivity contribution < 1.29 is 9.53 Å². The summed E-state index contributed by atoms with van der Waals surface area (Å²) in [5.41, 5.74) is 2.83. The SMILES string of the molecule is Cc1cc(C)c(NC(=O)C2CCOCC2)c(Cl)c1. The number of aryl methyl sites for hydroxylation is 2. The first-order chi connectivity index (χ1) is 8.58. The monoisotopic (exact) mass is 267 g/mol. The zero-order valence-electron chi connectivity index (χ0n) is 10.8. The van der Waals surface area contributed by atoms with Crippen LogP contribution in [0.1, 0.15) is 24.0 Å². The topological polar surface area (TPSA) is 38.3 Å². The van der Waals surface area contributed by atoms with Crippen molar-refractivity contribution in [3.63, 3.8) is 0 Å². The molecule has 0 spiro atoms. The quantitative estimate of drug-likeness (QED) is 0.893. The Morgan fingerprint density at radius 1 is 1.33 bits per heavy atom. The molecule has 1 aliphatic rings. The van der Waals surface area contributed by atoms with Gasteiger partial charge >= 0.3 is 0 Å². The van der Waals surface area contributed by atoms with Crippen LogP contribution < -0.4 is 5.32 Å². The molecule has 0 aliphatic carbocycles. The van der Waals surface area contributed by atoms with E-state index >= 15 is 0 Å². The van der Waals surface area contributed by atoms with Crippen molar-refractivity contribution in [3.8, 4) is 0 Å². The van der Waals surface area contributed by atoms with Crippen LogP contribution in [0, 0.1) is 19.8 Å². The average Bonchev–Trinajstić information content (AvgIpc) is 2.34. The van der Waals surface area contributed by atoms with Gasteiger partial charge in [0.05, 0.1) is 10.7 Å². The lowest BCUT2D eigenvalue weighted by molar-refractivity contribution is -0.122. The van der Waals surface area contributed by atoms with Gasteiger partial charge in [0.2, 0.25) is 5.91 Å². The number of ether oxygens (including phenoxy) is 1. The van der Waals surface area contributed by atoms with Gasteiger partial charge in [0.1, 0.15) is 0 Å². The highest BCUT2D eigenvalue weighted by Crippen LogP contribution is 2.28. The van der Waals surface area contributed by atoms with Gasteiger partial charge in [0, 0.05) is 19.1 Å². The number of anilines is 1. The number of amides is 1. The summed E-state index contributed by atoms with van der Waals surface area (Å²) >= 11 is 6.18. The molecule has 1 aromatic rings. The van der Waals surface area contributed by atoms with Crippen molar-refractivity contribution in [2.75, 3.05) is 18.5 Å². The molecule has 0 aromatic heterocycles. The molecule has 4 heteroatoms. The van der Waals surface area contributed by atoms with Crippen LogP contribution in [0.4, 0.5) is 5.69 Å². The highest BCUT2D eigenvalue weighted by Gasteiger charge is 2.22. The summed E-state index contributed by atoms with van der Waals surface area (Å²) in [6.07, 6.45) is 1.57. The Morgan fingerprint density at radius 2 is 2.00 bits per heavy atom. The highest BCUT2D eigenvalue weighted by atomic mass is 35.5. The summed E-state index contributed by atoms with van der Waals surface area (Å²) in [5.74, 6) is 0.0858. The summed E-state index contributed by atoms with van der Waals surface area (Å²) in [6, 6.07) is 3.89. The van der Waals surface area contributed by atoms with Crippen LogP contribution in [0.15, 0.2) is 12.1 Å². The third kappa shape index (κ3) is 3.03. The van der Waals surface area contributed by atoms with Gasteiger partial charge in [-0.15, -0.1) is 0 Å². The van der Waals surface area contributed by atoms with E-state index in [1.807, 2.05) is 26.0 Å². The number of halogens is 1. The predicted molar refractivity (Wildman–Crippen MR) is 73.1 cm³/mol. The van der Waals surface area contributed by atoms with Gasteiger partial charge < -0.3 is 10.1 Å². The van der Waals surface area contributed by atoms with E-state index in [1.54, 1.807) is 0 Å². The van der Waals surface area contributed by atoms with Crippen LogP contribution in [-0.4, -0.2) is 19.1 Å². The molecule has 0 unspecified atom stereocenters. The molecule has 98 valence electrons. The van der Waals surface area contributed by atoms with E-state index in [1.165, 1.54) is 0 Å². The molecule has 1 N–H and O–H groups in total. The Kier molecular flexibility index (Phi) is 4.25. The van der Waals surface area contributed by atoms with E-state index in [0.29, 0.717) is 18.2 Å². The first-order valence-corrected chi connectivity index (χ1v) is 6.61. The van der Waals surface area contributed by atoms with E-state index < -0.39 is 0 Å². The van der Waals surface area contributed by atoms with E-state index in [4.69, 9.17) is 16.3 Å². The van der Waals surface area contributed by atoms with Gasteiger partial charge in [-0.25, -0.2) is 0 Å². The highest BCUT2D eigenvalue weighted by molar-refractivity contribution is 6.34. The first-order valence-electron chi connectivity index (χ1n) is 6.23. The van der Waals surface area contributed by atoms with Crippen LogP contribution in [-0.2, 0) is 9.53 Å². The first kappa shape index (κ1) is 13.4. The van der Waals surface area contributed by atoms with Gasteiger partial charge in [0.25, 0.3) is 0 Å². The van der Waals surface area contributed by atoms with Crippen LogP contribution in [0.3, 0.4) is 0 Å². The Labute approximate surface area is 112 Å². The second-order valence-corrected chi connectivity index (χ2v) is 5.22. The van der Waals surface area contributed by atoms with Crippen molar-refractivity contribution in [1.82, 2.24) is 0 Å². The molecule has 0 bridgehead atoms. The molecule has 3 nitrogen and oxygen atoms in total. The Morgan fingerprint density at radius 3 is 2.61 bits per heavy atom. The number of hydrogen-bond donors (Lipinski definition) is 1. The van der Waals surface area contributed by atoms with Crippen molar-refractivity contribution in [3.05, 3.63) is 28.3 Å². The molecule has 1 amide bonds. The van der Waals surface area contributed by atoms with Crippen LogP contribution in [0.5, 0.6) is 0 Å². The number of carbonyl (C=O) groups is 1. The smallest absolute Gasteiger partial charge is 0.227 e. The lowest BCUT2D eigenvalue weighted by Crippen LogP contribution is -2.28. The maximum Gasteiger partial charge on any atom is 0.227 e. The van der Waals surface area contributed by atoms with Crippen molar-refractivity contribution >= 4 is 23.2 Å². The van der Waals surface area contributed by atoms with E-state index in [2.05, 4.69) is 5.32 Å². The zero-order valence-corrected chi connectivity index (χ0v) is 11.5. The van der Waals surface area contributed by atoms with Crippen LogP contribution in [0.25, 0.3) is 0 Å². The molecule has 1 heterocycles. The molecule has 0 radical (unpaired) electrons. The second kappa shape index (κ2) is 5.72. The summed E-state index contributed by atoms with van der Waals surface area (Å²) in [5, 5.41) is 3.55. The van der Waals surface area contributed by atoms with Gasteiger partial charge in [0.15, 0.2) is 0 Å². The van der Waals surface area contributed by atoms with Gasteiger partial charge in [-0.05, 0) is 43.9 Å². The minimum atomic E-state index is 0.0375. The Hall–Kier alpha value is -1.06. The maximum absolute atomic E-state index is 12.1. The molecule has 1 aliphatic heterocycles. The van der Waals surface area contributed by atoms with Crippen molar-refractivity contribution in [1.29, 1.82) is 0 Å². The number of nitrogens with one attached hydrogen (secondary N) is 1. The number of carbonyl (C=O) groups excluding carboxylic acids is 1. The zero-order chi connectivity index (χ0) is 13.1. The summed E-state index contributed by atoms with van der Waals surface area (Å²) in [6.45, 7) is 5.28. The van der Waals surface area contributed by atoms with Gasteiger partial charge in [-0.1, -0.05) is 17.7 Å². The largest absolute Gasteiger partial charge is 0.381 e. The number of rotatable bonds is 2. The molecular weight excluding hydrogens is 250 g/mol. The van der Waals surface area contributed by atoms with Crippen LogP contribution >= 0.6 is 11.6 Å². The van der Waals surface area contributed by atoms with E-state index in [-0.39, 0.29) is 11.8 Å². The van der Waals surface area contributed by atoms with Crippen LogP contribution in [0.2, 0.25) is 5.02 Å². The van der Waals surface area contributed by atoms with E-state index in [0.717, 1.165) is 29.7 Å². The summed E-state index contributed by atoms with van der Waals surface area (Å²) in [7, 11) is 0. The minimum absolute atomic E-state index is 0.0375. The fourth-order valence-corrected chi connectivity index (χ4v) is 2.63. The van der Waals surface area contributed by atoms with Crippen molar-refractivity contribution in [2.45, 2.75) is 26.7 Å². The summed E-state index contributed by atoms with van der Waals surface area (Å²) in [4.78, 5) is 12.1. The maximum atomic E-state index is 12.1. The van der Waals surface area contributed by atoms with Gasteiger partial charge in [-0.2, -0.15) is 0 Å². The lowest BCUT2D eigenvalue weighted by Gasteiger charge is -2.22. The number of hydrogen-bond acceptors (Lipinski definition) is 2. The van der Waals surface area contributed by atoms with Gasteiger partial charge in [-0.3, -0.25) is 4.79 Å². The predicted octanol–water partition coefficient (Wildman–Crippen LogP) is 3.32. The normalized spacial score (nSPS) is 16.6. The average molecular weight is 268 g/mol. The standard InChI is InChI=1S/C14H18ClNO2/c1-9-7-10(2)13(12(15)8-9)16-14(17)11-3-5-18-6-4-11/h7-8,11H,3-6H2,1-2H3,(H,16,17). The molecule has 1 saturated heterocycles. The lowest BCUT2D eigenvalue weighted by atomic mass is 9.99. The fourth-order valence-electron chi connectivity index (χ4n) is 2.26. The molecule has 0 atom stereocenters. The molecule has 0 saturated carbocycles. The Bertz CT molecular complexity index is 430. The minimum Gasteiger partial charge on any atom is -0.381 e. The molecule has 18 heavy (non-hydrogen) atoms. The third-order valence-electron chi connectivity index (χ3n) is 3.27. The Balaban J connectivity index is 2.11. The van der Waals surface area contributed by atoms with Crippen molar-refractivity contribution in [2.24, 2.45) is 5.92 Å². The molecule has 2 rings (SSSR count). The number of benzene rings is 1.